The molecule has 0 atom stereocenters. The van der Waals surface area contributed by atoms with Crippen LogP contribution in [0.25, 0.3) is 0 Å². The van der Waals surface area contributed by atoms with E-state index in [2.05, 4.69) is 6.92 Å². The Morgan fingerprint density at radius 1 is 1.18 bits per heavy atom. The van der Waals surface area contributed by atoms with Gasteiger partial charge in [0, 0.05) is 0 Å². The van der Waals surface area contributed by atoms with Crippen LogP contribution in [0.2, 0.25) is 0 Å². The van der Waals surface area contributed by atoms with Crippen LogP contribution < -0.4 is 0 Å². The molecular weight excluding hydrogens is 139 g/mol. The van der Waals surface area contributed by atoms with E-state index in [1.807, 2.05) is 6.08 Å². The Kier molecular flexibility index (Phi) is 7.63. The molecule has 0 fully saturated rings. The molecule has 0 radical (unpaired) electrons. The topological polar surface area (TPSA) is 40.5 Å². The van der Waals surface area contributed by atoms with Gasteiger partial charge in [-0.1, -0.05) is 38.2 Å². The molecule has 11 heavy (non-hydrogen) atoms. The van der Waals surface area contributed by atoms with Crippen molar-refractivity contribution in [3.8, 4) is 0 Å². The van der Waals surface area contributed by atoms with E-state index < -0.39 is 7.12 Å². The monoisotopic (exact) mass is 156 g/mol. The number of unbranched alkanes of at least 4 members (excludes halogenated alkanes) is 4. The lowest BCUT2D eigenvalue weighted by Crippen LogP contribution is -2.05. The van der Waals surface area contributed by atoms with E-state index in [0.29, 0.717) is 0 Å². The summed E-state index contributed by atoms with van der Waals surface area (Å²) in [5, 5.41) is 16.8. The molecule has 0 spiro atoms. The Morgan fingerprint density at radius 3 is 2.45 bits per heavy atom. The third kappa shape index (κ3) is 9.72. The largest absolute Gasteiger partial charge is 0.480 e. The molecule has 0 saturated heterocycles. The van der Waals surface area contributed by atoms with Crippen LogP contribution in [0.4, 0.5) is 0 Å². The van der Waals surface area contributed by atoms with E-state index in [1.165, 1.54) is 25.2 Å². The Labute approximate surface area is 69.1 Å². The highest BCUT2D eigenvalue weighted by molar-refractivity contribution is 6.47. The molecule has 0 rings (SSSR count). The molecule has 0 aromatic carbocycles. The van der Waals surface area contributed by atoms with Crippen molar-refractivity contribution in [2.24, 2.45) is 0 Å². The van der Waals surface area contributed by atoms with Crippen LogP contribution in [-0.4, -0.2) is 17.2 Å². The minimum atomic E-state index is -1.28. The van der Waals surface area contributed by atoms with Crippen LogP contribution in [0.3, 0.4) is 0 Å². The molecule has 0 unspecified atom stereocenters. The fraction of sp³-hybridized carbons (Fsp3) is 0.750. The second-order valence-corrected chi connectivity index (χ2v) is 2.69. The van der Waals surface area contributed by atoms with Crippen molar-refractivity contribution < 1.29 is 10.0 Å². The summed E-state index contributed by atoms with van der Waals surface area (Å²) in [7, 11) is -1.28. The van der Waals surface area contributed by atoms with Gasteiger partial charge in [-0.3, -0.25) is 0 Å². The number of rotatable bonds is 6. The Bertz CT molecular complexity index is 102. The standard InChI is InChI=1S/C8H17BO2/c1-2-3-4-5-6-7-8-9(10)11/h7-8,10-11H,2-6H2,1H3/b8-7+. The second-order valence-electron chi connectivity index (χ2n) is 2.69. The summed E-state index contributed by atoms with van der Waals surface area (Å²) in [4.78, 5) is 0. The Hall–Kier alpha value is -0.275. The molecule has 0 saturated carbocycles. The molecule has 0 aromatic rings. The highest BCUT2D eigenvalue weighted by Gasteiger charge is 1.96. The minimum absolute atomic E-state index is 0.956. The first kappa shape index (κ1) is 10.7. The summed E-state index contributed by atoms with van der Waals surface area (Å²) in [6.07, 6.45) is 7.68. The highest BCUT2D eigenvalue weighted by atomic mass is 16.4. The number of hydrogen-bond acceptors (Lipinski definition) is 2. The summed E-state index contributed by atoms with van der Waals surface area (Å²) in [5.41, 5.74) is 0. The van der Waals surface area contributed by atoms with Crippen LogP contribution in [0.15, 0.2) is 12.1 Å². The van der Waals surface area contributed by atoms with Crippen molar-refractivity contribution >= 4 is 7.12 Å². The average Bonchev–Trinajstić information content (AvgIpc) is 1.96. The van der Waals surface area contributed by atoms with Crippen molar-refractivity contribution in [2.75, 3.05) is 0 Å². The van der Waals surface area contributed by atoms with Crippen LogP contribution in [0, 0.1) is 0 Å². The molecule has 0 heterocycles. The van der Waals surface area contributed by atoms with E-state index in [9.17, 15) is 0 Å². The van der Waals surface area contributed by atoms with Crippen molar-refractivity contribution in [3.05, 3.63) is 12.1 Å². The molecule has 0 bridgehead atoms. The predicted molar refractivity (Wildman–Crippen MR) is 48.1 cm³/mol. The third-order valence-electron chi connectivity index (χ3n) is 1.53. The van der Waals surface area contributed by atoms with Gasteiger partial charge in [0.1, 0.15) is 0 Å². The van der Waals surface area contributed by atoms with E-state index in [-0.39, 0.29) is 0 Å². The smallest absolute Gasteiger partial charge is 0.424 e. The van der Waals surface area contributed by atoms with Gasteiger partial charge in [-0.05, 0) is 12.8 Å². The van der Waals surface area contributed by atoms with E-state index in [4.69, 9.17) is 10.0 Å². The lowest BCUT2D eigenvalue weighted by molar-refractivity contribution is 0.424. The van der Waals surface area contributed by atoms with E-state index in [0.717, 1.165) is 12.8 Å². The second kappa shape index (κ2) is 7.83. The highest BCUT2D eigenvalue weighted by Crippen LogP contribution is 2.02. The maximum absolute atomic E-state index is 8.42. The molecule has 2 N–H and O–H groups in total. The summed E-state index contributed by atoms with van der Waals surface area (Å²) in [6, 6.07) is 0. The summed E-state index contributed by atoms with van der Waals surface area (Å²) >= 11 is 0. The number of allylic oxidation sites excluding steroid dienone is 1. The van der Waals surface area contributed by atoms with Gasteiger partial charge in [-0.25, -0.2) is 0 Å². The Balaban J connectivity index is 3.01. The van der Waals surface area contributed by atoms with Gasteiger partial charge in [0.25, 0.3) is 0 Å². The van der Waals surface area contributed by atoms with Gasteiger partial charge in [-0.15, -0.1) is 0 Å². The van der Waals surface area contributed by atoms with Crippen LogP contribution >= 0.6 is 0 Å². The van der Waals surface area contributed by atoms with E-state index >= 15 is 0 Å². The summed E-state index contributed by atoms with van der Waals surface area (Å²) in [5.74, 6) is 1.41. The molecule has 3 heteroatoms. The molecule has 0 amide bonds. The van der Waals surface area contributed by atoms with Crippen molar-refractivity contribution in [1.82, 2.24) is 0 Å². The lowest BCUT2D eigenvalue weighted by Gasteiger charge is -1.93. The first-order valence-electron chi connectivity index (χ1n) is 4.30. The predicted octanol–water partition coefficient (Wildman–Crippen LogP) is 1.52. The molecule has 64 valence electrons. The molecule has 0 aromatic heterocycles. The normalized spacial score (nSPS) is 10.8. The van der Waals surface area contributed by atoms with Gasteiger partial charge in [0.2, 0.25) is 0 Å². The van der Waals surface area contributed by atoms with Crippen molar-refractivity contribution in [3.63, 3.8) is 0 Å². The zero-order valence-electron chi connectivity index (χ0n) is 7.16. The maximum Gasteiger partial charge on any atom is 0.480 e. The van der Waals surface area contributed by atoms with Gasteiger partial charge in [0.05, 0.1) is 0 Å². The zero-order chi connectivity index (χ0) is 8.53. The molecule has 0 aliphatic heterocycles. The van der Waals surface area contributed by atoms with Gasteiger partial charge in [0.15, 0.2) is 0 Å². The SMILES string of the molecule is CCCCCC/C=C/B(O)O. The molecule has 2 nitrogen and oxygen atoms in total. The van der Waals surface area contributed by atoms with Crippen LogP contribution in [0.1, 0.15) is 39.0 Å². The van der Waals surface area contributed by atoms with Gasteiger partial charge in [-0.2, -0.15) is 0 Å². The molecule has 0 aliphatic carbocycles. The summed E-state index contributed by atoms with van der Waals surface area (Å²) in [6.45, 7) is 2.17. The fourth-order valence-electron chi connectivity index (χ4n) is 0.907. The van der Waals surface area contributed by atoms with Gasteiger partial charge >= 0.3 is 7.12 Å². The summed E-state index contributed by atoms with van der Waals surface area (Å²) < 4.78 is 0. The molecular formula is C8H17BO2. The fourth-order valence-corrected chi connectivity index (χ4v) is 0.907. The first-order valence-corrected chi connectivity index (χ1v) is 4.30. The van der Waals surface area contributed by atoms with Crippen molar-refractivity contribution in [1.29, 1.82) is 0 Å². The van der Waals surface area contributed by atoms with Gasteiger partial charge < -0.3 is 10.0 Å². The number of hydrogen-bond donors (Lipinski definition) is 2. The van der Waals surface area contributed by atoms with Crippen molar-refractivity contribution in [2.45, 2.75) is 39.0 Å². The lowest BCUT2D eigenvalue weighted by atomic mass is 9.91. The van der Waals surface area contributed by atoms with Crippen LogP contribution in [-0.2, 0) is 0 Å². The maximum atomic E-state index is 8.42. The van der Waals surface area contributed by atoms with Crippen LogP contribution in [0.5, 0.6) is 0 Å². The Morgan fingerprint density at radius 2 is 1.91 bits per heavy atom. The quantitative estimate of drug-likeness (QED) is 0.452. The third-order valence-corrected chi connectivity index (χ3v) is 1.53. The zero-order valence-corrected chi connectivity index (χ0v) is 7.16. The minimum Gasteiger partial charge on any atom is -0.424 e. The van der Waals surface area contributed by atoms with E-state index in [1.54, 1.807) is 0 Å². The first-order chi connectivity index (χ1) is 5.27. The molecule has 0 aliphatic rings. The average molecular weight is 156 g/mol.